The number of anilines is 2. The van der Waals surface area contributed by atoms with Gasteiger partial charge < -0.3 is 11.1 Å². The second kappa shape index (κ2) is 4.87. The van der Waals surface area contributed by atoms with E-state index in [-0.39, 0.29) is 5.91 Å². The molecule has 1 heterocycles. The lowest BCUT2D eigenvalue weighted by molar-refractivity contribution is 0.102. The van der Waals surface area contributed by atoms with Crippen LogP contribution in [-0.2, 0) is 0 Å². The number of benzene rings is 1. The van der Waals surface area contributed by atoms with Gasteiger partial charge in [0, 0.05) is 16.9 Å². The molecule has 2 rings (SSSR count). The zero-order valence-electron chi connectivity index (χ0n) is 10.4. The molecule has 2 aromatic rings. The number of hydrogen-bond acceptors (Lipinski definition) is 3. The molecule has 0 spiro atoms. The highest BCUT2D eigenvalue weighted by Crippen LogP contribution is 2.12. The van der Waals surface area contributed by atoms with Crippen LogP contribution in [0.5, 0.6) is 0 Å². The summed E-state index contributed by atoms with van der Waals surface area (Å²) < 4.78 is 0. The number of aryl methyl sites for hydroxylation is 2. The molecule has 0 aliphatic carbocycles. The van der Waals surface area contributed by atoms with Crippen molar-refractivity contribution in [3.05, 3.63) is 53.2 Å². The van der Waals surface area contributed by atoms with Gasteiger partial charge in [-0.3, -0.25) is 4.79 Å². The van der Waals surface area contributed by atoms with E-state index in [1.165, 1.54) is 0 Å². The van der Waals surface area contributed by atoms with Crippen LogP contribution in [0.1, 0.15) is 21.6 Å². The molecule has 0 aliphatic heterocycles. The van der Waals surface area contributed by atoms with Crippen LogP contribution in [0.3, 0.4) is 0 Å². The number of rotatable bonds is 2. The van der Waals surface area contributed by atoms with Crippen molar-refractivity contribution in [2.24, 2.45) is 0 Å². The first-order chi connectivity index (χ1) is 8.54. The van der Waals surface area contributed by atoms with E-state index in [2.05, 4.69) is 10.3 Å². The highest BCUT2D eigenvalue weighted by molar-refractivity contribution is 6.04. The molecule has 0 radical (unpaired) electrons. The standard InChI is InChI=1S/C14H15N3O/c1-9-3-5-12(6-4-9)17-14(18)11-7-10(2)16-13(15)8-11/h3-8H,1-2H3,(H2,15,16)(H,17,18). The lowest BCUT2D eigenvalue weighted by atomic mass is 10.2. The molecule has 0 bridgehead atoms. The van der Waals surface area contributed by atoms with Crippen molar-refractivity contribution >= 4 is 17.4 Å². The molecule has 4 nitrogen and oxygen atoms in total. The van der Waals surface area contributed by atoms with Gasteiger partial charge in [-0.25, -0.2) is 4.98 Å². The second-order valence-corrected chi connectivity index (χ2v) is 4.24. The number of aromatic nitrogens is 1. The smallest absolute Gasteiger partial charge is 0.255 e. The van der Waals surface area contributed by atoms with Gasteiger partial charge in [-0.05, 0) is 38.1 Å². The van der Waals surface area contributed by atoms with E-state index < -0.39 is 0 Å². The number of nitrogen functional groups attached to an aromatic ring is 1. The number of amides is 1. The largest absolute Gasteiger partial charge is 0.384 e. The average Bonchev–Trinajstić information content (AvgIpc) is 2.31. The van der Waals surface area contributed by atoms with Crippen LogP contribution in [0.15, 0.2) is 36.4 Å². The summed E-state index contributed by atoms with van der Waals surface area (Å²) in [4.78, 5) is 16.0. The quantitative estimate of drug-likeness (QED) is 0.849. The molecule has 3 N–H and O–H groups in total. The first-order valence-corrected chi connectivity index (χ1v) is 5.67. The lowest BCUT2D eigenvalue weighted by Crippen LogP contribution is -2.13. The Hall–Kier alpha value is -2.36. The van der Waals surface area contributed by atoms with E-state index in [4.69, 9.17) is 5.73 Å². The zero-order valence-corrected chi connectivity index (χ0v) is 10.4. The number of hydrogen-bond donors (Lipinski definition) is 2. The highest BCUT2D eigenvalue weighted by Gasteiger charge is 2.07. The van der Waals surface area contributed by atoms with Crippen LogP contribution in [0.2, 0.25) is 0 Å². The molecule has 18 heavy (non-hydrogen) atoms. The molecule has 1 aromatic heterocycles. The number of nitrogens with zero attached hydrogens (tertiary/aromatic N) is 1. The fourth-order valence-corrected chi connectivity index (χ4v) is 1.67. The monoisotopic (exact) mass is 241 g/mol. The Labute approximate surface area is 106 Å². The summed E-state index contributed by atoms with van der Waals surface area (Å²) >= 11 is 0. The third-order valence-electron chi connectivity index (χ3n) is 2.54. The summed E-state index contributed by atoms with van der Waals surface area (Å²) in [5, 5.41) is 2.82. The van der Waals surface area contributed by atoms with Crippen LogP contribution in [0.25, 0.3) is 0 Å². The first-order valence-electron chi connectivity index (χ1n) is 5.67. The van der Waals surface area contributed by atoms with Crippen molar-refractivity contribution < 1.29 is 4.79 Å². The summed E-state index contributed by atoms with van der Waals surface area (Å²) in [5.74, 6) is 0.167. The summed E-state index contributed by atoms with van der Waals surface area (Å²) in [5.41, 5.74) is 8.77. The van der Waals surface area contributed by atoms with E-state index >= 15 is 0 Å². The zero-order chi connectivity index (χ0) is 13.1. The van der Waals surface area contributed by atoms with Crippen molar-refractivity contribution in [1.29, 1.82) is 0 Å². The van der Waals surface area contributed by atoms with Crippen LogP contribution < -0.4 is 11.1 Å². The Morgan fingerprint density at radius 2 is 1.83 bits per heavy atom. The minimum atomic E-state index is -0.184. The molecule has 0 aliphatic rings. The van der Waals surface area contributed by atoms with E-state index in [1.54, 1.807) is 19.1 Å². The number of carbonyl (C=O) groups excluding carboxylic acids is 1. The number of pyridine rings is 1. The van der Waals surface area contributed by atoms with Crippen molar-refractivity contribution in [2.75, 3.05) is 11.1 Å². The van der Waals surface area contributed by atoms with Gasteiger partial charge in [0.25, 0.3) is 5.91 Å². The first kappa shape index (κ1) is 12.1. The molecule has 1 amide bonds. The van der Waals surface area contributed by atoms with Gasteiger partial charge in [-0.1, -0.05) is 17.7 Å². The minimum Gasteiger partial charge on any atom is -0.384 e. The number of nitrogens with one attached hydrogen (secondary N) is 1. The topological polar surface area (TPSA) is 68.0 Å². The second-order valence-electron chi connectivity index (χ2n) is 4.24. The Morgan fingerprint density at radius 3 is 2.44 bits per heavy atom. The normalized spacial score (nSPS) is 10.1. The maximum absolute atomic E-state index is 12.0. The molecule has 0 unspecified atom stereocenters. The van der Waals surface area contributed by atoms with Gasteiger partial charge >= 0.3 is 0 Å². The Morgan fingerprint density at radius 1 is 1.17 bits per heavy atom. The molecule has 0 atom stereocenters. The molecule has 0 saturated heterocycles. The van der Waals surface area contributed by atoms with Crippen molar-refractivity contribution in [3.8, 4) is 0 Å². The SMILES string of the molecule is Cc1ccc(NC(=O)c2cc(C)nc(N)c2)cc1. The number of carbonyl (C=O) groups is 1. The van der Waals surface area contributed by atoms with Crippen molar-refractivity contribution in [2.45, 2.75) is 13.8 Å². The summed E-state index contributed by atoms with van der Waals surface area (Å²) in [7, 11) is 0. The van der Waals surface area contributed by atoms with Gasteiger partial charge in [0.2, 0.25) is 0 Å². The summed E-state index contributed by atoms with van der Waals surface area (Å²) in [6, 6.07) is 10.9. The molecular formula is C14H15N3O. The van der Waals surface area contributed by atoms with Crippen LogP contribution >= 0.6 is 0 Å². The average molecular weight is 241 g/mol. The van der Waals surface area contributed by atoms with Crippen LogP contribution in [0, 0.1) is 13.8 Å². The van der Waals surface area contributed by atoms with E-state index in [0.717, 1.165) is 16.9 Å². The van der Waals surface area contributed by atoms with Crippen LogP contribution in [0.4, 0.5) is 11.5 Å². The predicted molar refractivity (Wildman–Crippen MR) is 72.5 cm³/mol. The Bertz CT molecular complexity index is 556. The third-order valence-corrected chi connectivity index (χ3v) is 2.54. The van der Waals surface area contributed by atoms with Gasteiger partial charge in [0.15, 0.2) is 0 Å². The fourth-order valence-electron chi connectivity index (χ4n) is 1.67. The Balaban J connectivity index is 2.19. The number of nitrogens with two attached hydrogens (primary N) is 1. The predicted octanol–water partition coefficient (Wildman–Crippen LogP) is 2.53. The molecular weight excluding hydrogens is 226 g/mol. The van der Waals surface area contributed by atoms with Gasteiger partial charge in [0.05, 0.1) is 0 Å². The minimum absolute atomic E-state index is 0.184. The van der Waals surface area contributed by atoms with E-state index in [0.29, 0.717) is 11.4 Å². The van der Waals surface area contributed by atoms with Crippen LogP contribution in [-0.4, -0.2) is 10.9 Å². The third kappa shape index (κ3) is 2.85. The maximum Gasteiger partial charge on any atom is 0.255 e. The molecule has 0 fully saturated rings. The van der Waals surface area contributed by atoms with Gasteiger partial charge in [-0.15, -0.1) is 0 Å². The van der Waals surface area contributed by atoms with Crippen molar-refractivity contribution in [1.82, 2.24) is 4.98 Å². The molecule has 1 aromatic carbocycles. The molecule has 0 saturated carbocycles. The van der Waals surface area contributed by atoms with Crippen molar-refractivity contribution in [3.63, 3.8) is 0 Å². The van der Waals surface area contributed by atoms with Gasteiger partial charge in [0.1, 0.15) is 5.82 Å². The fraction of sp³-hybridized carbons (Fsp3) is 0.143. The highest BCUT2D eigenvalue weighted by atomic mass is 16.1. The van der Waals surface area contributed by atoms with E-state index in [1.807, 2.05) is 31.2 Å². The summed E-state index contributed by atoms with van der Waals surface area (Å²) in [6.07, 6.45) is 0. The van der Waals surface area contributed by atoms with Gasteiger partial charge in [-0.2, -0.15) is 0 Å². The maximum atomic E-state index is 12.0. The van der Waals surface area contributed by atoms with E-state index in [9.17, 15) is 4.79 Å². The molecule has 4 heteroatoms. The molecule has 92 valence electrons. The summed E-state index contributed by atoms with van der Waals surface area (Å²) in [6.45, 7) is 3.80. The Kier molecular flexibility index (Phi) is 3.28. The lowest BCUT2D eigenvalue weighted by Gasteiger charge is -2.06.